The third kappa shape index (κ3) is 2.59. The van der Waals surface area contributed by atoms with Gasteiger partial charge in [0.15, 0.2) is 5.78 Å². The molecule has 0 saturated carbocycles. The number of carboxylic acid groups (broad SMARTS) is 1. The molecule has 0 aliphatic rings. The van der Waals surface area contributed by atoms with Gasteiger partial charge in [-0.1, -0.05) is 18.2 Å². The summed E-state index contributed by atoms with van der Waals surface area (Å²) in [4.78, 5) is 23.3. The van der Waals surface area contributed by atoms with E-state index in [0.717, 1.165) is 3.57 Å². The average Bonchev–Trinajstić information content (AvgIpc) is 2.39. The topological polar surface area (TPSA) is 54.4 Å². The Morgan fingerprint density at radius 3 is 2.00 bits per heavy atom. The summed E-state index contributed by atoms with van der Waals surface area (Å²) < 4.78 is 1.02. The van der Waals surface area contributed by atoms with Crippen LogP contribution in [0, 0.1) is 3.57 Å². The van der Waals surface area contributed by atoms with Crippen LogP contribution in [0.15, 0.2) is 48.5 Å². The SMILES string of the molecule is O=C(O)c1ccccc1C(=O)c1ccc(I)cc1. The highest BCUT2D eigenvalue weighted by Gasteiger charge is 2.16. The smallest absolute Gasteiger partial charge is 0.336 e. The fraction of sp³-hybridized carbons (Fsp3) is 0. The number of carbonyl (C=O) groups excluding carboxylic acids is 1. The molecule has 0 spiro atoms. The normalized spacial score (nSPS) is 10.1. The minimum atomic E-state index is -1.09. The van der Waals surface area contributed by atoms with Crippen molar-refractivity contribution < 1.29 is 14.7 Å². The first-order valence-electron chi connectivity index (χ1n) is 5.22. The second-order valence-corrected chi connectivity index (χ2v) is 4.93. The summed E-state index contributed by atoms with van der Waals surface area (Å²) in [6.07, 6.45) is 0. The molecular formula is C14H9IO3. The molecular weight excluding hydrogens is 343 g/mol. The maximum atomic E-state index is 12.2. The first-order valence-corrected chi connectivity index (χ1v) is 6.30. The minimum Gasteiger partial charge on any atom is -0.478 e. The number of rotatable bonds is 3. The first-order chi connectivity index (χ1) is 8.59. The van der Waals surface area contributed by atoms with Gasteiger partial charge in [-0.25, -0.2) is 4.79 Å². The van der Waals surface area contributed by atoms with Crippen molar-refractivity contribution in [1.82, 2.24) is 0 Å². The van der Waals surface area contributed by atoms with E-state index in [-0.39, 0.29) is 16.9 Å². The number of benzene rings is 2. The van der Waals surface area contributed by atoms with Gasteiger partial charge in [-0.15, -0.1) is 0 Å². The Morgan fingerprint density at radius 1 is 0.889 bits per heavy atom. The van der Waals surface area contributed by atoms with E-state index in [1.54, 1.807) is 24.3 Å². The van der Waals surface area contributed by atoms with E-state index in [1.165, 1.54) is 12.1 Å². The van der Waals surface area contributed by atoms with E-state index in [2.05, 4.69) is 22.6 Å². The summed E-state index contributed by atoms with van der Waals surface area (Å²) in [5, 5.41) is 9.05. The maximum absolute atomic E-state index is 12.2. The molecule has 0 fully saturated rings. The number of carboxylic acids is 1. The van der Waals surface area contributed by atoms with Crippen LogP contribution in [0.25, 0.3) is 0 Å². The monoisotopic (exact) mass is 352 g/mol. The van der Waals surface area contributed by atoms with E-state index in [4.69, 9.17) is 5.11 Å². The Bertz CT molecular complexity index is 603. The molecule has 0 bridgehead atoms. The number of halogens is 1. The minimum absolute atomic E-state index is 0.0288. The molecule has 0 radical (unpaired) electrons. The summed E-state index contributed by atoms with van der Waals surface area (Å²) in [5.74, 6) is -1.37. The fourth-order valence-electron chi connectivity index (χ4n) is 1.62. The van der Waals surface area contributed by atoms with Gasteiger partial charge in [-0.3, -0.25) is 4.79 Å². The largest absolute Gasteiger partial charge is 0.478 e. The molecule has 2 rings (SSSR count). The number of aromatic carboxylic acids is 1. The first kappa shape index (κ1) is 12.8. The summed E-state index contributed by atoms with van der Waals surface area (Å²) in [7, 11) is 0. The molecule has 0 aliphatic carbocycles. The maximum Gasteiger partial charge on any atom is 0.336 e. The van der Waals surface area contributed by atoms with Crippen molar-refractivity contribution in [3.63, 3.8) is 0 Å². The van der Waals surface area contributed by atoms with Crippen molar-refractivity contribution >= 4 is 34.3 Å². The van der Waals surface area contributed by atoms with Gasteiger partial charge in [0.2, 0.25) is 0 Å². The van der Waals surface area contributed by atoms with Crippen LogP contribution in [-0.2, 0) is 0 Å². The van der Waals surface area contributed by atoms with Crippen molar-refractivity contribution in [2.24, 2.45) is 0 Å². The predicted octanol–water partition coefficient (Wildman–Crippen LogP) is 3.22. The zero-order chi connectivity index (χ0) is 13.1. The standard InChI is InChI=1S/C14H9IO3/c15-10-7-5-9(6-8-10)13(16)11-3-1-2-4-12(11)14(17)18/h1-8H,(H,17,18). The van der Waals surface area contributed by atoms with E-state index < -0.39 is 5.97 Å². The van der Waals surface area contributed by atoms with Gasteiger partial charge in [0.25, 0.3) is 0 Å². The molecule has 4 heteroatoms. The van der Waals surface area contributed by atoms with Crippen molar-refractivity contribution in [3.05, 3.63) is 68.8 Å². The van der Waals surface area contributed by atoms with Crippen LogP contribution in [0.4, 0.5) is 0 Å². The van der Waals surface area contributed by atoms with Crippen LogP contribution >= 0.6 is 22.6 Å². The fourth-order valence-corrected chi connectivity index (χ4v) is 1.98. The zero-order valence-corrected chi connectivity index (χ0v) is 11.4. The summed E-state index contributed by atoms with van der Waals surface area (Å²) in [6.45, 7) is 0. The molecule has 90 valence electrons. The van der Waals surface area contributed by atoms with Crippen molar-refractivity contribution in [1.29, 1.82) is 0 Å². The highest BCUT2D eigenvalue weighted by Crippen LogP contribution is 2.16. The Morgan fingerprint density at radius 2 is 1.44 bits per heavy atom. The molecule has 0 atom stereocenters. The molecule has 0 aliphatic heterocycles. The Hall–Kier alpha value is -1.69. The van der Waals surface area contributed by atoms with Crippen LogP contribution < -0.4 is 0 Å². The lowest BCUT2D eigenvalue weighted by molar-refractivity contribution is 0.0693. The Labute approximate surface area is 118 Å². The molecule has 2 aromatic carbocycles. The van der Waals surface area contributed by atoms with Gasteiger partial charge in [-0.2, -0.15) is 0 Å². The van der Waals surface area contributed by atoms with Crippen molar-refractivity contribution in [2.75, 3.05) is 0 Å². The lowest BCUT2D eigenvalue weighted by Gasteiger charge is -2.05. The number of hydrogen-bond acceptors (Lipinski definition) is 2. The molecule has 0 aromatic heterocycles. The van der Waals surface area contributed by atoms with Crippen LogP contribution in [0.3, 0.4) is 0 Å². The number of carbonyl (C=O) groups is 2. The highest BCUT2D eigenvalue weighted by atomic mass is 127. The molecule has 3 nitrogen and oxygen atoms in total. The van der Waals surface area contributed by atoms with Crippen LogP contribution in [0.1, 0.15) is 26.3 Å². The van der Waals surface area contributed by atoms with E-state index in [1.807, 2.05) is 12.1 Å². The molecule has 0 heterocycles. The summed E-state index contributed by atoms with van der Waals surface area (Å²) in [6, 6.07) is 13.3. The third-order valence-electron chi connectivity index (χ3n) is 2.51. The molecule has 2 aromatic rings. The van der Waals surface area contributed by atoms with Gasteiger partial charge in [0.1, 0.15) is 0 Å². The molecule has 1 N–H and O–H groups in total. The summed E-state index contributed by atoms with van der Waals surface area (Å²) >= 11 is 2.15. The highest BCUT2D eigenvalue weighted by molar-refractivity contribution is 14.1. The predicted molar refractivity (Wildman–Crippen MR) is 76.0 cm³/mol. The lowest BCUT2D eigenvalue weighted by atomic mass is 9.98. The van der Waals surface area contributed by atoms with Gasteiger partial charge >= 0.3 is 5.97 Å². The molecule has 0 unspecified atom stereocenters. The molecule has 0 saturated heterocycles. The Balaban J connectivity index is 2.46. The third-order valence-corrected chi connectivity index (χ3v) is 3.23. The zero-order valence-electron chi connectivity index (χ0n) is 9.26. The van der Waals surface area contributed by atoms with Crippen LogP contribution in [-0.4, -0.2) is 16.9 Å². The van der Waals surface area contributed by atoms with Gasteiger partial charge in [0, 0.05) is 14.7 Å². The lowest BCUT2D eigenvalue weighted by Crippen LogP contribution is -2.09. The van der Waals surface area contributed by atoms with Gasteiger partial charge in [0.05, 0.1) is 5.56 Å². The van der Waals surface area contributed by atoms with Crippen LogP contribution in [0.5, 0.6) is 0 Å². The van der Waals surface area contributed by atoms with Crippen molar-refractivity contribution in [3.8, 4) is 0 Å². The van der Waals surface area contributed by atoms with E-state index in [9.17, 15) is 9.59 Å². The number of hydrogen-bond donors (Lipinski definition) is 1. The van der Waals surface area contributed by atoms with Gasteiger partial charge in [-0.05, 0) is 52.9 Å². The molecule has 0 amide bonds. The average molecular weight is 352 g/mol. The van der Waals surface area contributed by atoms with Gasteiger partial charge < -0.3 is 5.11 Å². The van der Waals surface area contributed by atoms with E-state index in [0.29, 0.717) is 5.56 Å². The second kappa shape index (κ2) is 5.30. The Kier molecular flexibility index (Phi) is 3.76. The summed E-state index contributed by atoms with van der Waals surface area (Å²) in [5.41, 5.74) is 0.733. The molecule has 18 heavy (non-hydrogen) atoms. The number of ketones is 1. The quantitative estimate of drug-likeness (QED) is 0.682. The van der Waals surface area contributed by atoms with Crippen molar-refractivity contribution in [2.45, 2.75) is 0 Å². The van der Waals surface area contributed by atoms with E-state index >= 15 is 0 Å². The van der Waals surface area contributed by atoms with Crippen LogP contribution in [0.2, 0.25) is 0 Å². The second-order valence-electron chi connectivity index (χ2n) is 3.69.